The van der Waals surface area contributed by atoms with Gasteiger partial charge in [-0.15, -0.1) is 0 Å². The Bertz CT molecular complexity index is 618. The highest BCUT2D eigenvalue weighted by atomic mass is 79.9. The lowest BCUT2D eigenvalue weighted by atomic mass is 10.4. The smallest absolute Gasteiger partial charge is 0.283 e. The molecular formula is C12H14BrN5O. The average Bonchev–Trinajstić information content (AvgIpc) is 3.07. The first-order valence-corrected chi connectivity index (χ1v) is 7.01. The Balaban J connectivity index is 1.74. The number of imidazole rings is 1. The number of nitrogens with zero attached hydrogens (tertiary/aromatic N) is 3. The fourth-order valence-electron chi connectivity index (χ4n) is 1.84. The molecule has 0 aliphatic heterocycles. The number of anilines is 1. The molecule has 7 heteroatoms. The lowest BCUT2D eigenvalue weighted by molar-refractivity contribution is 0.532. The second kappa shape index (κ2) is 5.16. The van der Waals surface area contributed by atoms with Crippen LogP contribution in [0.4, 0.5) is 5.69 Å². The minimum Gasteiger partial charge on any atom is -0.375 e. The number of H-pyrrole nitrogens is 1. The van der Waals surface area contributed by atoms with Crippen molar-refractivity contribution in [1.82, 2.24) is 19.7 Å². The van der Waals surface area contributed by atoms with E-state index in [0.717, 1.165) is 12.4 Å². The van der Waals surface area contributed by atoms with Crippen LogP contribution < -0.4 is 10.9 Å². The zero-order valence-electron chi connectivity index (χ0n) is 10.3. The maximum atomic E-state index is 12.1. The molecule has 1 aliphatic rings. The topological polar surface area (TPSA) is 75.6 Å². The zero-order chi connectivity index (χ0) is 13.2. The second-order valence-corrected chi connectivity index (χ2v) is 5.49. The van der Waals surface area contributed by atoms with Crippen molar-refractivity contribution in [3.63, 3.8) is 0 Å². The van der Waals surface area contributed by atoms with Crippen molar-refractivity contribution in [2.75, 3.05) is 5.32 Å². The van der Waals surface area contributed by atoms with E-state index in [0.29, 0.717) is 22.6 Å². The molecule has 2 aromatic rings. The number of nitrogens with one attached hydrogen (secondary N) is 2. The molecule has 0 radical (unpaired) electrons. The lowest BCUT2D eigenvalue weighted by Gasteiger charge is -2.09. The molecule has 1 aliphatic carbocycles. The summed E-state index contributed by atoms with van der Waals surface area (Å²) in [4.78, 5) is 19.2. The van der Waals surface area contributed by atoms with Crippen molar-refractivity contribution < 1.29 is 0 Å². The van der Waals surface area contributed by atoms with Gasteiger partial charge in [0.2, 0.25) is 0 Å². The van der Waals surface area contributed by atoms with Crippen molar-refractivity contribution in [1.29, 1.82) is 0 Å². The third-order valence-corrected chi connectivity index (χ3v) is 3.88. The molecule has 0 amide bonds. The summed E-state index contributed by atoms with van der Waals surface area (Å²) >= 11 is 3.34. The van der Waals surface area contributed by atoms with Gasteiger partial charge in [0, 0.05) is 18.9 Å². The molecule has 2 heterocycles. The van der Waals surface area contributed by atoms with Crippen LogP contribution >= 0.6 is 15.9 Å². The minimum atomic E-state index is -0.0867. The predicted octanol–water partition coefficient (Wildman–Crippen LogP) is 1.75. The quantitative estimate of drug-likeness (QED) is 0.879. The lowest BCUT2D eigenvalue weighted by Crippen LogP contribution is -2.25. The van der Waals surface area contributed by atoms with Crippen LogP contribution in [0.25, 0.3) is 0 Å². The van der Waals surface area contributed by atoms with E-state index < -0.39 is 0 Å². The van der Waals surface area contributed by atoms with Gasteiger partial charge in [0.15, 0.2) is 0 Å². The molecule has 1 saturated carbocycles. The van der Waals surface area contributed by atoms with Gasteiger partial charge < -0.3 is 10.3 Å². The Morgan fingerprint density at radius 2 is 2.37 bits per heavy atom. The van der Waals surface area contributed by atoms with Crippen LogP contribution in [-0.4, -0.2) is 19.7 Å². The van der Waals surface area contributed by atoms with Crippen LogP contribution in [0.15, 0.2) is 27.9 Å². The summed E-state index contributed by atoms with van der Waals surface area (Å²) in [5, 5.41) is 7.34. The number of hydrogen-bond donors (Lipinski definition) is 2. The Morgan fingerprint density at radius 1 is 1.53 bits per heavy atom. The first-order chi connectivity index (χ1) is 9.24. The van der Waals surface area contributed by atoms with Crippen molar-refractivity contribution in [2.45, 2.75) is 25.9 Å². The van der Waals surface area contributed by atoms with Gasteiger partial charge in [0.1, 0.15) is 10.3 Å². The van der Waals surface area contributed by atoms with Crippen LogP contribution in [0.3, 0.4) is 0 Å². The fourth-order valence-corrected chi connectivity index (χ4v) is 2.28. The number of hydrogen-bond acceptors (Lipinski definition) is 4. The predicted molar refractivity (Wildman–Crippen MR) is 74.8 cm³/mol. The molecule has 19 heavy (non-hydrogen) atoms. The van der Waals surface area contributed by atoms with Gasteiger partial charge in [-0.2, -0.15) is 5.10 Å². The Hall–Kier alpha value is -1.63. The van der Waals surface area contributed by atoms with E-state index in [1.54, 1.807) is 18.6 Å². The SMILES string of the molecule is O=c1c(Br)c(NCc2ncc[nH]2)cnn1CC1CC1. The summed E-state index contributed by atoms with van der Waals surface area (Å²) in [6, 6.07) is 0. The van der Waals surface area contributed by atoms with Crippen molar-refractivity contribution >= 4 is 21.6 Å². The van der Waals surface area contributed by atoms with Crippen LogP contribution in [0.2, 0.25) is 0 Å². The van der Waals surface area contributed by atoms with Gasteiger partial charge >= 0.3 is 0 Å². The van der Waals surface area contributed by atoms with E-state index in [1.165, 1.54) is 17.5 Å². The summed E-state index contributed by atoms with van der Waals surface area (Å²) in [5.41, 5.74) is 0.602. The van der Waals surface area contributed by atoms with Gasteiger partial charge in [-0.3, -0.25) is 4.79 Å². The molecular weight excluding hydrogens is 310 g/mol. The largest absolute Gasteiger partial charge is 0.375 e. The number of rotatable bonds is 5. The van der Waals surface area contributed by atoms with E-state index in [1.807, 2.05) is 0 Å². The highest BCUT2D eigenvalue weighted by Gasteiger charge is 2.23. The van der Waals surface area contributed by atoms with Gasteiger partial charge in [-0.1, -0.05) is 0 Å². The zero-order valence-corrected chi connectivity index (χ0v) is 11.9. The molecule has 2 aromatic heterocycles. The van der Waals surface area contributed by atoms with Crippen molar-refractivity contribution in [2.24, 2.45) is 5.92 Å². The van der Waals surface area contributed by atoms with Crippen LogP contribution in [0, 0.1) is 5.92 Å². The molecule has 3 rings (SSSR count). The van der Waals surface area contributed by atoms with E-state index in [9.17, 15) is 4.79 Å². The Kier molecular flexibility index (Phi) is 3.37. The van der Waals surface area contributed by atoms with Gasteiger partial charge in [0.05, 0.1) is 18.4 Å². The molecule has 0 atom stereocenters. The molecule has 0 bridgehead atoms. The number of aromatic amines is 1. The monoisotopic (exact) mass is 323 g/mol. The summed E-state index contributed by atoms with van der Waals surface area (Å²) in [6.07, 6.45) is 7.53. The van der Waals surface area contributed by atoms with Crippen LogP contribution in [0.5, 0.6) is 0 Å². The maximum absolute atomic E-state index is 12.1. The maximum Gasteiger partial charge on any atom is 0.283 e. The Morgan fingerprint density at radius 3 is 3.05 bits per heavy atom. The van der Waals surface area contributed by atoms with E-state index >= 15 is 0 Å². The van der Waals surface area contributed by atoms with E-state index in [2.05, 4.69) is 36.3 Å². The standard InChI is InChI=1S/C12H14BrN5O/c13-11-9(16-6-10-14-3-4-15-10)5-17-18(12(11)19)7-8-1-2-8/h3-5,8,16H,1-2,6-7H2,(H,14,15). The normalized spacial score (nSPS) is 14.6. The highest BCUT2D eigenvalue weighted by molar-refractivity contribution is 9.10. The Labute approximate surface area is 118 Å². The fraction of sp³-hybridized carbons (Fsp3) is 0.417. The second-order valence-electron chi connectivity index (χ2n) is 4.69. The van der Waals surface area contributed by atoms with E-state index in [4.69, 9.17) is 0 Å². The highest BCUT2D eigenvalue weighted by Crippen LogP contribution is 2.30. The van der Waals surface area contributed by atoms with Gasteiger partial charge in [-0.25, -0.2) is 9.67 Å². The first-order valence-electron chi connectivity index (χ1n) is 6.22. The first kappa shape index (κ1) is 12.4. The molecule has 100 valence electrons. The van der Waals surface area contributed by atoms with Crippen molar-refractivity contribution in [3.8, 4) is 0 Å². The summed E-state index contributed by atoms with van der Waals surface area (Å²) in [5.74, 6) is 1.44. The number of aromatic nitrogens is 4. The van der Waals surface area contributed by atoms with Crippen LogP contribution in [-0.2, 0) is 13.1 Å². The molecule has 0 unspecified atom stereocenters. The summed E-state index contributed by atoms with van der Waals surface area (Å²) < 4.78 is 2.05. The molecule has 0 saturated heterocycles. The minimum absolute atomic E-state index is 0.0867. The summed E-state index contributed by atoms with van der Waals surface area (Å²) in [6.45, 7) is 1.25. The molecule has 6 nitrogen and oxygen atoms in total. The van der Waals surface area contributed by atoms with Crippen LogP contribution in [0.1, 0.15) is 18.7 Å². The molecule has 2 N–H and O–H groups in total. The third kappa shape index (κ3) is 2.86. The average molecular weight is 324 g/mol. The molecule has 1 fully saturated rings. The molecule has 0 spiro atoms. The number of halogens is 1. The van der Waals surface area contributed by atoms with Crippen molar-refractivity contribution in [3.05, 3.63) is 39.2 Å². The van der Waals surface area contributed by atoms with Gasteiger partial charge in [-0.05, 0) is 34.7 Å². The van der Waals surface area contributed by atoms with E-state index in [-0.39, 0.29) is 5.56 Å². The summed E-state index contributed by atoms with van der Waals surface area (Å²) in [7, 11) is 0. The molecule has 0 aromatic carbocycles. The third-order valence-electron chi connectivity index (χ3n) is 3.11. The van der Waals surface area contributed by atoms with Gasteiger partial charge in [0.25, 0.3) is 5.56 Å².